The van der Waals surface area contributed by atoms with Gasteiger partial charge in [0, 0.05) is 21.8 Å². The smallest absolute Gasteiger partial charge is 0.0342 e. The fourth-order valence-corrected chi connectivity index (χ4v) is 2.89. The SMILES string of the molecule is CCCCCS(=O)C(CC)CC. The maximum absolute atomic E-state index is 11.6. The first-order chi connectivity index (χ1) is 5.76. The molecule has 12 heavy (non-hydrogen) atoms. The maximum atomic E-state index is 11.6. The van der Waals surface area contributed by atoms with Crippen LogP contribution in [0.4, 0.5) is 0 Å². The van der Waals surface area contributed by atoms with E-state index in [0.717, 1.165) is 25.0 Å². The van der Waals surface area contributed by atoms with E-state index in [9.17, 15) is 4.21 Å². The van der Waals surface area contributed by atoms with E-state index in [1.54, 1.807) is 0 Å². The largest absolute Gasteiger partial charge is 0.259 e. The predicted octanol–water partition coefficient (Wildman–Crippen LogP) is 3.11. The molecule has 0 aliphatic carbocycles. The first-order valence-electron chi connectivity index (χ1n) is 5.13. The average molecular weight is 190 g/mol. The molecule has 74 valence electrons. The molecule has 0 radical (unpaired) electrons. The van der Waals surface area contributed by atoms with Gasteiger partial charge in [0.05, 0.1) is 0 Å². The molecule has 0 N–H and O–H groups in total. The van der Waals surface area contributed by atoms with Crippen molar-refractivity contribution in [1.29, 1.82) is 0 Å². The van der Waals surface area contributed by atoms with Gasteiger partial charge in [0.25, 0.3) is 0 Å². The summed E-state index contributed by atoms with van der Waals surface area (Å²) in [6.07, 6.45) is 5.72. The molecule has 0 rings (SSSR count). The fourth-order valence-electron chi connectivity index (χ4n) is 1.32. The molecule has 0 saturated carbocycles. The lowest BCUT2D eigenvalue weighted by Gasteiger charge is -2.11. The van der Waals surface area contributed by atoms with Crippen LogP contribution in [0.15, 0.2) is 0 Å². The van der Waals surface area contributed by atoms with Crippen LogP contribution in [-0.2, 0) is 10.8 Å². The third-order valence-electron chi connectivity index (χ3n) is 2.23. The Labute approximate surface area is 79.4 Å². The van der Waals surface area contributed by atoms with Gasteiger partial charge in [-0.25, -0.2) is 0 Å². The predicted molar refractivity (Wildman–Crippen MR) is 56.9 cm³/mol. The zero-order chi connectivity index (χ0) is 9.40. The Morgan fingerprint density at radius 2 is 1.67 bits per heavy atom. The fraction of sp³-hybridized carbons (Fsp3) is 1.00. The lowest BCUT2D eigenvalue weighted by molar-refractivity contribution is 0.651. The van der Waals surface area contributed by atoms with Crippen LogP contribution in [0.25, 0.3) is 0 Å². The second-order valence-electron chi connectivity index (χ2n) is 3.23. The molecular weight excluding hydrogens is 168 g/mol. The lowest BCUT2D eigenvalue weighted by Crippen LogP contribution is -2.15. The summed E-state index contributed by atoms with van der Waals surface area (Å²) < 4.78 is 11.6. The van der Waals surface area contributed by atoms with E-state index in [-0.39, 0.29) is 0 Å². The second kappa shape index (κ2) is 7.78. The Kier molecular flexibility index (Phi) is 7.88. The molecule has 0 saturated heterocycles. The van der Waals surface area contributed by atoms with Crippen molar-refractivity contribution in [3.05, 3.63) is 0 Å². The highest BCUT2D eigenvalue weighted by molar-refractivity contribution is 7.85. The topological polar surface area (TPSA) is 17.1 Å². The van der Waals surface area contributed by atoms with E-state index in [1.165, 1.54) is 12.8 Å². The monoisotopic (exact) mass is 190 g/mol. The van der Waals surface area contributed by atoms with Crippen molar-refractivity contribution >= 4 is 10.8 Å². The summed E-state index contributed by atoms with van der Waals surface area (Å²) in [5.74, 6) is 0.917. The van der Waals surface area contributed by atoms with Crippen molar-refractivity contribution in [1.82, 2.24) is 0 Å². The van der Waals surface area contributed by atoms with E-state index in [4.69, 9.17) is 0 Å². The molecule has 0 aliphatic rings. The molecule has 1 atom stereocenters. The van der Waals surface area contributed by atoms with Gasteiger partial charge in [0.2, 0.25) is 0 Å². The molecule has 0 spiro atoms. The highest BCUT2D eigenvalue weighted by Gasteiger charge is 2.10. The van der Waals surface area contributed by atoms with Gasteiger partial charge >= 0.3 is 0 Å². The Bertz CT molecular complexity index is 119. The van der Waals surface area contributed by atoms with E-state index >= 15 is 0 Å². The van der Waals surface area contributed by atoms with Crippen molar-refractivity contribution in [2.24, 2.45) is 0 Å². The molecule has 0 aromatic carbocycles. The molecule has 0 aliphatic heterocycles. The van der Waals surface area contributed by atoms with Gasteiger partial charge in [0.15, 0.2) is 0 Å². The minimum absolute atomic E-state index is 0.446. The van der Waals surface area contributed by atoms with Crippen molar-refractivity contribution in [2.75, 3.05) is 5.75 Å². The number of unbranched alkanes of at least 4 members (excludes halogenated alkanes) is 2. The van der Waals surface area contributed by atoms with Gasteiger partial charge in [-0.3, -0.25) is 4.21 Å². The third-order valence-corrected chi connectivity index (χ3v) is 4.33. The third kappa shape index (κ3) is 4.91. The summed E-state index contributed by atoms with van der Waals surface area (Å²) in [6.45, 7) is 6.44. The van der Waals surface area contributed by atoms with Crippen LogP contribution < -0.4 is 0 Å². The molecule has 2 heteroatoms. The van der Waals surface area contributed by atoms with E-state index < -0.39 is 10.8 Å². The molecule has 0 aromatic heterocycles. The average Bonchev–Trinajstić information content (AvgIpc) is 2.07. The summed E-state index contributed by atoms with van der Waals surface area (Å²) in [4.78, 5) is 0. The minimum Gasteiger partial charge on any atom is -0.259 e. The van der Waals surface area contributed by atoms with Crippen LogP contribution in [0, 0.1) is 0 Å². The zero-order valence-corrected chi connectivity index (χ0v) is 9.45. The summed E-state index contributed by atoms with van der Waals surface area (Å²) in [5, 5.41) is 0.446. The van der Waals surface area contributed by atoms with Crippen LogP contribution in [0.1, 0.15) is 52.9 Å². The van der Waals surface area contributed by atoms with Gasteiger partial charge in [0.1, 0.15) is 0 Å². The van der Waals surface area contributed by atoms with Gasteiger partial charge in [-0.2, -0.15) is 0 Å². The van der Waals surface area contributed by atoms with Gasteiger partial charge in [-0.15, -0.1) is 0 Å². The van der Waals surface area contributed by atoms with Crippen LogP contribution >= 0.6 is 0 Å². The van der Waals surface area contributed by atoms with E-state index in [0.29, 0.717) is 5.25 Å². The summed E-state index contributed by atoms with van der Waals surface area (Å²) in [7, 11) is -0.559. The van der Waals surface area contributed by atoms with E-state index in [1.807, 2.05) is 0 Å². The standard InChI is InChI=1S/C10H22OS/c1-4-7-8-9-12(11)10(5-2)6-3/h10H,4-9H2,1-3H3. The molecule has 0 amide bonds. The number of hydrogen-bond acceptors (Lipinski definition) is 1. The normalized spacial score (nSPS) is 13.7. The number of rotatable bonds is 7. The summed E-state index contributed by atoms with van der Waals surface area (Å²) >= 11 is 0. The van der Waals surface area contributed by atoms with Crippen molar-refractivity contribution in [3.63, 3.8) is 0 Å². The molecular formula is C10H22OS. The van der Waals surface area contributed by atoms with Crippen LogP contribution in [0.3, 0.4) is 0 Å². The van der Waals surface area contributed by atoms with Crippen LogP contribution in [-0.4, -0.2) is 15.2 Å². The van der Waals surface area contributed by atoms with Gasteiger partial charge in [-0.05, 0) is 19.3 Å². The van der Waals surface area contributed by atoms with Crippen LogP contribution in [0.5, 0.6) is 0 Å². The van der Waals surface area contributed by atoms with E-state index in [2.05, 4.69) is 20.8 Å². The first-order valence-corrected chi connectivity index (χ1v) is 6.51. The zero-order valence-electron chi connectivity index (χ0n) is 8.64. The van der Waals surface area contributed by atoms with Crippen molar-refractivity contribution < 1.29 is 4.21 Å². The Balaban J connectivity index is 3.54. The maximum Gasteiger partial charge on any atom is 0.0342 e. The highest BCUT2D eigenvalue weighted by Crippen LogP contribution is 2.08. The molecule has 0 heterocycles. The molecule has 0 bridgehead atoms. The number of hydrogen-bond donors (Lipinski definition) is 0. The van der Waals surface area contributed by atoms with Crippen LogP contribution in [0.2, 0.25) is 0 Å². The lowest BCUT2D eigenvalue weighted by atomic mass is 10.3. The molecule has 1 nitrogen and oxygen atoms in total. The van der Waals surface area contributed by atoms with Gasteiger partial charge < -0.3 is 0 Å². The minimum atomic E-state index is -0.559. The highest BCUT2D eigenvalue weighted by atomic mass is 32.2. The van der Waals surface area contributed by atoms with Crippen molar-refractivity contribution in [2.45, 2.75) is 58.1 Å². The Hall–Kier alpha value is 0.150. The Morgan fingerprint density at radius 1 is 1.08 bits per heavy atom. The molecule has 0 aromatic rings. The molecule has 0 fully saturated rings. The second-order valence-corrected chi connectivity index (χ2v) is 5.07. The molecule has 1 unspecified atom stereocenters. The Morgan fingerprint density at radius 3 is 2.08 bits per heavy atom. The van der Waals surface area contributed by atoms with Crippen molar-refractivity contribution in [3.8, 4) is 0 Å². The summed E-state index contributed by atoms with van der Waals surface area (Å²) in [6, 6.07) is 0. The van der Waals surface area contributed by atoms with Gasteiger partial charge in [-0.1, -0.05) is 33.6 Å². The summed E-state index contributed by atoms with van der Waals surface area (Å²) in [5.41, 5.74) is 0. The first kappa shape index (κ1) is 12.2. The quantitative estimate of drug-likeness (QED) is 0.564.